The minimum absolute atomic E-state index is 0.495. The number of halogens is 1. The molecule has 1 fully saturated rings. The minimum Gasteiger partial charge on any atom is -0.278 e. The van der Waals surface area contributed by atoms with Gasteiger partial charge in [0.25, 0.3) is 0 Å². The molecule has 16 heavy (non-hydrogen) atoms. The van der Waals surface area contributed by atoms with Gasteiger partial charge < -0.3 is 0 Å². The summed E-state index contributed by atoms with van der Waals surface area (Å²) < 4.78 is 0. The second kappa shape index (κ2) is 3.49. The largest absolute Gasteiger partial charge is 0.278 e. The molecule has 0 saturated heterocycles. The first-order valence-corrected chi connectivity index (χ1v) is 6.21. The lowest BCUT2D eigenvalue weighted by atomic mass is 9.91. The molecule has 84 valence electrons. The molecule has 0 bridgehead atoms. The number of aromatic nitrogens is 2. The molecule has 2 nitrogen and oxygen atoms in total. The topological polar surface area (TPSA) is 28.7 Å². The van der Waals surface area contributed by atoms with Crippen LogP contribution in [0.3, 0.4) is 0 Å². The normalized spacial score (nSPS) is 16.2. The molecular formula is C13H15ClN2. The van der Waals surface area contributed by atoms with Gasteiger partial charge in [-0.05, 0) is 41.9 Å². The summed E-state index contributed by atoms with van der Waals surface area (Å²) >= 11 is 6.40. The van der Waals surface area contributed by atoms with Crippen molar-refractivity contribution in [3.63, 3.8) is 0 Å². The van der Waals surface area contributed by atoms with Crippen molar-refractivity contribution in [2.45, 2.75) is 38.5 Å². The Bertz CT molecular complexity index is 538. The zero-order valence-corrected chi connectivity index (χ0v) is 10.3. The summed E-state index contributed by atoms with van der Waals surface area (Å²) in [6.45, 7) is 4.45. The maximum absolute atomic E-state index is 6.40. The summed E-state index contributed by atoms with van der Waals surface area (Å²) in [5.41, 5.74) is 3.81. The third-order valence-electron chi connectivity index (χ3n) is 3.34. The molecule has 1 aliphatic carbocycles. The van der Waals surface area contributed by atoms with E-state index in [-0.39, 0.29) is 0 Å². The number of nitrogens with one attached hydrogen (secondary N) is 1. The summed E-state index contributed by atoms with van der Waals surface area (Å²) in [6.07, 6.45) is 4.48. The Labute approximate surface area is 100.0 Å². The van der Waals surface area contributed by atoms with E-state index < -0.39 is 0 Å². The van der Waals surface area contributed by atoms with Crippen molar-refractivity contribution in [3.05, 3.63) is 28.4 Å². The zero-order valence-electron chi connectivity index (χ0n) is 9.55. The molecule has 3 heteroatoms. The van der Waals surface area contributed by atoms with Crippen molar-refractivity contribution in [3.8, 4) is 0 Å². The van der Waals surface area contributed by atoms with Crippen molar-refractivity contribution in [2.75, 3.05) is 0 Å². The fourth-order valence-electron chi connectivity index (χ4n) is 2.51. The van der Waals surface area contributed by atoms with E-state index >= 15 is 0 Å². The highest BCUT2D eigenvalue weighted by atomic mass is 35.5. The third kappa shape index (κ3) is 1.44. The Morgan fingerprint density at radius 1 is 1.44 bits per heavy atom. The number of nitrogens with zero attached hydrogens (tertiary/aromatic N) is 1. The summed E-state index contributed by atoms with van der Waals surface area (Å²) in [5.74, 6) is 1.18. The highest BCUT2D eigenvalue weighted by Gasteiger charge is 2.30. The lowest BCUT2D eigenvalue weighted by Crippen LogP contribution is -1.97. The molecule has 1 heterocycles. The Morgan fingerprint density at radius 3 is 2.81 bits per heavy atom. The molecule has 1 aliphatic rings. The molecule has 2 aromatic rings. The molecule has 1 N–H and O–H groups in total. The van der Waals surface area contributed by atoms with Gasteiger partial charge in [0.05, 0.1) is 11.7 Å². The SMILES string of the molecule is CC(C)c1c(C2CC2)c(Cl)cc2[nH]ncc12. The summed E-state index contributed by atoms with van der Waals surface area (Å²) in [7, 11) is 0. The predicted octanol–water partition coefficient (Wildman–Crippen LogP) is 4.22. The molecule has 1 saturated carbocycles. The first-order chi connectivity index (χ1) is 7.68. The van der Waals surface area contributed by atoms with Gasteiger partial charge >= 0.3 is 0 Å². The molecule has 1 aromatic carbocycles. The van der Waals surface area contributed by atoms with E-state index in [1.807, 2.05) is 12.3 Å². The molecule has 1 aromatic heterocycles. The number of hydrogen-bond acceptors (Lipinski definition) is 1. The van der Waals surface area contributed by atoms with Crippen LogP contribution in [0.4, 0.5) is 0 Å². The van der Waals surface area contributed by atoms with Gasteiger partial charge in [-0.3, -0.25) is 5.10 Å². The van der Waals surface area contributed by atoms with Crippen molar-refractivity contribution < 1.29 is 0 Å². The van der Waals surface area contributed by atoms with Crippen molar-refractivity contribution in [1.82, 2.24) is 10.2 Å². The number of rotatable bonds is 2. The molecule has 0 amide bonds. The molecule has 0 atom stereocenters. The number of benzene rings is 1. The van der Waals surface area contributed by atoms with Crippen molar-refractivity contribution in [1.29, 1.82) is 0 Å². The fraction of sp³-hybridized carbons (Fsp3) is 0.462. The van der Waals surface area contributed by atoms with E-state index in [1.54, 1.807) is 0 Å². The smallest absolute Gasteiger partial charge is 0.0668 e. The fourth-order valence-corrected chi connectivity index (χ4v) is 2.87. The number of H-pyrrole nitrogens is 1. The lowest BCUT2D eigenvalue weighted by molar-refractivity contribution is 0.852. The average molecular weight is 235 g/mol. The Kier molecular flexibility index (Phi) is 2.21. The van der Waals surface area contributed by atoms with Crippen LogP contribution < -0.4 is 0 Å². The average Bonchev–Trinajstić information content (AvgIpc) is 2.95. The quantitative estimate of drug-likeness (QED) is 0.828. The molecule has 0 spiro atoms. The second-order valence-electron chi connectivity index (χ2n) is 4.95. The number of fused-ring (bicyclic) bond motifs is 1. The van der Waals surface area contributed by atoms with Crippen LogP contribution in [0.1, 0.15) is 49.7 Å². The van der Waals surface area contributed by atoms with Crippen LogP contribution >= 0.6 is 11.6 Å². The maximum Gasteiger partial charge on any atom is 0.0668 e. The van der Waals surface area contributed by atoms with Gasteiger partial charge in [-0.15, -0.1) is 0 Å². The Morgan fingerprint density at radius 2 is 2.19 bits per heavy atom. The van der Waals surface area contributed by atoms with Crippen molar-refractivity contribution in [2.24, 2.45) is 0 Å². The first-order valence-electron chi connectivity index (χ1n) is 5.84. The lowest BCUT2D eigenvalue weighted by Gasteiger charge is -2.15. The van der Waals surface area contributed by atoms with Gasteiger partial charge in [0.2, 0.25) is 0 Å². The highest BCUT2D eigenvalue weighted by molar-refractivity contribution is 6.32. The Balaban J connectivity index is 2.35. The van der Waals surface area contributed by atoms with E-state index in [0.29, 0.717) is 11.8 Å². The van der Waals surface area contributed by atoms with Crippen LogP contribution in [0.25, 0.3) is 10.9 Å². The van der Waals surface area contributed by atoms with E-state index in [9.17, 15) is 0 Å². The van der Waals surface area contributed by atoms with Crippen LogP contribution in [-0.2, 0) is 0 Å². The molecular weight excluding hydrogens is 220 g/mol. The van der Waals surface area contributed by atoms with Crippen LogP contribution in [0.5, 0.6) is 0 Å². The molecule has 3 rings (SSSR count). The van der Waals surface area contributed by atoms with Crippen molar-refractivity contribution >= 4 is 22.5 Å². The van der Waals surface area contributed by atoms with Crippen LogP contribution in [0.15, 0.2) is 12.3 Å². The summed E-state index contributed by atoms with van der Waals surface area (Å²) in [5, 5.41) is 9.27. The van der Waals surface area contributed by atoms with E-state index in [1.165, 1.54) is 29.4 Å². The first kappa shape index (κ1) is 10.2. The standard InChI is InChI=1S/C13H15ClN2/c1-7(2)12-9-6-15-16-11(9)5-10(14)13(12)8-3-4-8/h5-8H,3-4H2,1-2H3,(H,15,16). The van der Waals surface area contributed by atoms with Gasteiger partial charge in [-0.2, -0.15) is 5.10 Å². The summed E-state index contributed by atoms with van der Waals surface area (Å²) in [6, 6.07) is 2.02. The minimum atomic E-state index is 0.495. The molecule has 0 aliphatic heterocycles. The zero-order chi connectivity index (χ0) is 11.3. The number of hydrogen-bond donors (Lipinski definition) is 1. The second-order valence-corrected chi connectivity index (χ2v) is 5.35. The van der Waals surface area contributed by atoms with Gasteiger partial charge in [0, 0.05) is 10.4 Å². The molecule has 0 radical (unpaired) electrons. The predicted molar refractivity (Wildman–Crippen MR) is 67.2 cm³/mol. The number of aromatic amines is 1. The highest BCUT2D eigenvalue weighted by Crippen LogP contribution is 2.48. The monoisotopic (exact) mass is 234 g/mol. The van der Waals surface area contributed by atoms with Gasteiger partial charge in [-0.1, -0.05) is 25.4 Å². The Hall–Kier alpha value is -1.02. The van der Waals surface area contributed by atoms with Gasteiger partial charge in [0.15, 0.2) is 0 Å². The van der Waals surface area contributed by atoms with E-state index in [2.05, 4.69) is 24.0 Å². The van der Waals surface area contributed by atoms with E-state index in [4.69, 9.17) is 11.6 Å². The third-order valence-corrected chi connectivity index (χ3v) is 3.65. The van der Waals surface area contributed by atoms with Crippen LogP contribution in [0.2, 0.25) is 5.02 Å². The van der Waals surface area contributed by atoms with Crippen LogP contribution in [-0.4, -0.2) is 10.2 Å². The van der Waals surface area contributed by atoms with Gasteiger partial charge in [0.1, 0.15) is 0 Å². The van der Waals surface area contributed by atoms with Crippen LogP contribution in [0, 0.1) is 0 Å². The summed E-state index contributed by atoms with van der Waals surface area (Å²) in [4.78, 5) is 0. The molecule has 0 unspecified atom stereocenters. The van der Waals surface area contributed by atoms with Gasteiger partial charge in [-0.25, -0.2) is 0 Å². The maximum atomic E-state index is 6.40. The van der Waals surface area contributed by atoms with E-state index in [0.717, 1.165) is 10.5 Å².